The third kappa shape index (κ3) is 5.21. The van der Waals surface area contributed by atoms with E-state index in [0.29, 0.717) is 0 Å². The molecule has 0 aliphatic rings. The molecule has 2 N–H and O–H groups in total. The highest BCUT2D eigenvalue weighted by Crippen LogP contribution is 1.79. The molecule has 0 aliphatic heterocycles. The molecule has 0 atom stereocenters. The molecule has 0 unspecified atom stereocenters. The van der Waals surface area contributed by atoms with Crippen molar-refractivity contribution in [1.29, 1.82) is 0 Å². The molecule has 0 heterocycles. The molecule has 0 rings (SSSR count). The second-order valence-electron chi connectivity index (χ2n) is 1.61. The molecule has 0 aromatic rings. The van der Waals surface area contributed by atoms with Crippen LogP contribution in [-0.4, -0.2) is 6.21 Å². The van der Waals surface area contributed by atoms with Gasteiger partial charge in [0.2, 0.25) is 0 Å². The second-order valence-corrected chi connectivity index (χ2v) is 1.61. The van der Waals surface area contributed by atoms with Crippen LogP contribution >= 0.6 is 0 Å². The van der Waals surface area contributed by atoms with Gasteiger partial charge in [0.1, 0.15) is 0 Å². The van der Waals surface area contributed by atoms with Gasteiger partial charge >= 0.3 is 0 Å². The molecule has 0 saturated carbocycles. The number of allylic oxidation sites excluding steroid dienone is 1. The SMILES string of the molecule is CCC=N/C=C(\C)N. The number of nitrogens with two attached hydrogens (primary N) is 1. The summed E-state index contributed by atoms with van der Waals surface area (Å²) in [6.07, 6.45) is 4.42. The van der Waals surface area contributed by atoms with Crippen LogP contribution in [0.15, 0.2) is 16.9 Å². The maximum absolute atomic E-state index is 5.28. The summed E-state index contributed by atoms with van der Waals surface area (Å²) in [5, 5.41) is 0. The maximum atomic E-state index is 5.28. The molecule has 0 aromatic carbocycles. The van der Waals surface area contributed by atoms with Gasteiger partial charge in [-0.05, 0) is 13.3 Å². The van der Waals surface area contributed by atoms with Crippen molar-refractivity contribution in [3.63, 3.8) is 0 Å². The van der Waals surface area contributed by atoms with Crippen molar-refractivity contribution in [1.82, 2.24) is 0 Å². The first-order chi connectivity index (χ1) is 3.77. The van der Waals surface area contributed by atoms with Crippen LogP contribution in [0.1, 0.15) is 20.3 Å². The van der Waals surface area contributed by atoms with Crippen molar-refractivity contribution in [2.24, 2.45) is 10.7 Å². The lowest BCUT2D eigenvalue weighted by Crippen LogP contribution is -1.87. The highest BCUT2D eigenvalue weighted by Gasteiger charge is 1.68. The Morgan fingerprint density at radius 3 is 2.75 bits per heavy atom. The number of hydrogen-bond acceptors (Lipinski definition) is 2. The molecule has 46 valence electrons. The van der Waals surface area contributed by atoms with Gasteiger partial charge in [-0.1, -0.05) is 6.92 Å². The zero-order chi connectivity index (χ0) is 6.41. The van der Waals surface area contributed by atoms with Crippen molar-refractivity contribution in [3.05, 3.63) is 11.9 Å². The van der Waals surface area contributed by atoms with Gasteiger partial charge in [-0.3, -0.25) is 4.99 Å². The molecule has 0 radical (unpaired) electrons. The Labute approximate surface area is 50.1 Å². The van der Waals surface area contributed by atoms with Crippen LogP contribution in [0.5, 0.6) is 0 Å². The summed E-state index contributed by atoms with van der Waals surface area (Å²) in [4.78, 5) is 3.88. The quantitative estimate of drug-likeness (QED) is 0.537. The van der Waals surface area contributed by atoms with Crippen molar-refractivity contribution in [3.8, 4) is 0 Å². The van der Waals surface area contributed by atoms with Crippen molar-refractivity contribution < 1.29 is 0 Å². The average molecular weight is 112 g/mol. The van der Waals surface area contributed by atoms with E-state index in [4.69, 9.17) is 5.73 Å². The highest BCUT2D eigenvalue weighted by atomic mass is 14.7. The van der Waals surface area contributed by atoms with E-state index >= 15 is 0 Å². The summed E-state index contributed by atoms with van der Waals surface area (Å²) in [5.41, 5.74) is 6.03. The Kier molecular flexibility index (Phi) is 3.94. The molecule has 8 heavy (non-hydrogen) atoms. The average Bonchev–Trinajstić information content (AvgIpc) is 1.66. The smallest absolute Gasteiger partial charge is 0.0448 e. The Morgan fingerprint density at radius 2 is 2.38 bits per heavy atom. The fourth-order valence-corrected chi connectivity index (χ4v) is 0.276. The summed E-state index contributed by atoms with van der Waals surface area (Å²) in [5.74, 6) is 0. The minimum absolute atomic E-state index is 0.745. The Bertz CT molecular complexity index is 99.1. The number of aliphatic imine (C=N–C) groups is 1. The van der Waals surface area contributed by atoms with Crippen LogP contribution < -0.4 is 5.73 Å². The predicted molar refractivity (Wildman–Crippen MR) is 36.7 cm³/mol. The van der Waals surface area contributed by atoms with E-state index in [1.165, 1.54) is 0 Å². The standard InChI is InChI=1S/C6H12N2/c1-3-4-8-5-6(2)7/h4-5H,3,7H2,1-2H3/b6-5+,8-4?. The van der Waals surface area contributed by atoms with Crippen molar-refractivity contribution >= 4 is 6.21 Å². The summed E-state index contributed by atoms with van der Waals surface area (Å²) in [6.45, 7) is 3.84. The van der Waals surface area contributed by atoms with Crippen molar-refractivity contribution in [2.75, 3.05) is 0 Å². The molecule has 0 spiro atoms. The molecular weight excluding hydrogens is 100 g/mol. The van der Waals surface area contributed by atoms with Gasteiger partial charge in [0.05, 0.1) is 0 Å². The van der Waals surface area contributed by atoms with Gasteiger partial charge in [-0.15, -0.1) is 0 Å². The van der Waals surface area contributed by atoms with Crippen molar-refractivity contribution in [2.45, 2.75) is 20.3 Å². The van der Waals surface area contributed by atoms with E-state index < -0.39 is 0 Å². The third-order valence-corrected chi connectivity index (χ3v) is 0.566. The summed E-state index contributed by atoms with van der Waals surface area (Å²) in [6, 6.07) is 0. The van der Waals surface area contributed by atoms with Crippen LogP contribution in [0.4, 0.5) is 0 Å². The van der Waals surface area contributed by atoms with Gasteiger partial charge in [0.25, 0.3) is 0 Å². The molecule has 0 saturated heterocycles. The van der Waals surface area contributed by atoms with Crippen LogP contribution in [0, 0.1) is 0 Å². The summed E-state index contributed by atoms with van der Waals surface area (Å²) in [7, 11) is 0. The molecule has 2 nitrogen and oxygen atoms in total. The molecule has 0 aromatic heterocycles. The van der Waals surface area contributed by atoms with E-state index in [9.17, 15) is 0 Å². The molecule has 0 bridgehead atoms. The minimum Gasteiger partial charge on any atom is -0.401 e. The predicted octanol–water partition coefficient (Wildman–Crippen LogP) is 1.29. The van der Waals surface area contributed by atoms with E-state index in [0.717, 1.165) is 12.1 Å². The van der Waals surface area contributed by atoms with Crippen LogP contribution in [0.3, 0.4) is 0 Å². The minimum atomic E-state index is 0.745. The summed E-state index contributed by atoms with van der Waals surface area (Å²) < 4.78 is 0. The Hall–Kier alpha value is -0.790. The van der Waals surface area contributed by atoms with E-state index in [1.807, 2.05) is 20.1 Å². The van der Waals surface area contributed by atoms with Crippen LogP contribution in [0.2, 0.25) is 0 Å². The molecule has 2 heteroatoms. The van der Waals surface area contributed by atoms with Gasteiger partial charge in [0, 0.05) is 18.1 Å². The van der Waals surface area contributed by atoms with E-state index in [-0.39, 0.29) is 0 Å². The monoisotopic (exact) mass is 112 g/mol. The Morgan fingerprint density at radius 1 is 1.75 bits per heavy atom. The van der Waals surface area contributed by atoms with Gasteiger partial charge in [0.15, 0.2) is 0 Å². The van der Waals surface area contributed by atoms with Crippen LogP contribution in [-0.2, 0) is 0 Å². The molecular formula is C6H12N2. The third-order valence-electron chi connectivity index (χ3n) is 0.566. The lowest BCUT2D eigenvalue weighted by molar-refractivity contribution is 1.26. The molecule has 0 aliphatic carbocycles. The zero-order valence-corrected chi connectivity index (χ0v) is 5.39. The topological polar surface area (TPSA) is 38.4 Å². The largest absolute Gasteiger partial charge is 0.401 e. The number of rotatable bonds is 2. The lowest BCUT2D eigenvalue weighted by Gasteiger charge is -1.81. The first kappa shape index (κ1) is 7.21. The first-order valence-electron chi connectivity index (χ1n) is 2.71. The van der Waals surface area contributed by atoms with Crippen LogP contribution in [0.25, 0.3) is 0 Å². The fourth-order valence-electron chi connectivity index (χ4n) is 0.276. The first-order valence-corrected chi connectivity index (χ1v) is 2.71. The van der Waals surface area contributed by atoms with Gasteiger partial charge < -0.3 is 5.73 Å². The highest BCUT2D eigenvalue weighted by molar-refractivity contribution is 5.57. The zero-order valence-electron chi connectivity index (χ0n) is 5.39. The Balaban J connectivity index is 3.42. The van der Waals surface area contributed by atoms with Gasteiger partial charge in [-0.2, -0.15) is 0 Å². The normalized spacial score (nSPS) is 13.0. The van der Waals surface area contributed by atoms with E-state index in [2.05, 4.69) is 4.99 Å². The maximum Gasteiger partial charge on any atom is 0.0448 e. The fraction of sp³-hybridized carbons (Fsp3) is 0.500. The van der Waals surface area contributed by atoms with Gasteiger partial charge in [-0.25, -0.2) is 0 Å². The lowest BCUT2D eigenvalue weighted by atomic mass is 10.5. The number of nitrogens with zero attached hydrogens (tertiary/aromatic N) is 1. The van der Waals surface area contributed by atoms with E-state index in [1.54, 1.807) is 6.20 Å². The second kappa shape index (κ2) is 4.37. The summed E-state index contributed by atoms with van der Waals surface area (Å²) >= 11 is 0. The number of hydrogen-bond donors (Lipinski definition) is 1. The molecule has 0 amide bonds. The molecule has 0 fully saturated rings.